The second-order valence-corrected chi connectivity index (χ2v) is 6.80. The maximum Gasteiger partial charge on any atom is 0.255 e. The minimum atomic E-state index is -3.75. The number of ether oxygens (including phenoxy) is 1. The summed E-state index contributed by atoms with van der Waals surface area (Å²) in [6, 6.07) is 10.8. The Labute approximate surface area is 139 Å². The molecule has 122 valence electrons. The molecule has 0 heterocycles. The van der Waals surface area contributed by atoms with Crippen LogP contribution >= 0.6 is 11.6 Å². The summed E-state index contributed by atoms with van der Waals surface area (Å²) in [5.74, 6) is 0.219. The van der Waals surface area contributed by atoms with Crippen LogP contribution in [-0.2, 0) is 10.0 Å². The van der Waals surface area contributed by atoms with Crippen LogP contribution in [0.4, 0.5) is 5.69 Å². The molecule has 2 N–H and O–H groups in total. The van der Waals surface area contributed by atoms with Crippen molar-refractivity contribution in [2.75, 3.05) is 19.5 Å². The fourth-order valence-corrected chi connectivity index (χ4v) is 3.09. The number of anilines is 1. The summed E-state index contributed by atoms with van der Waals surface area (Å²) in [4.78, 5) is 12.1. The van der Waals surface area contributed by atoms with Gasteiger partial charge in [-0.3, -0.25) is 4.79 Å². The number of nitrogens with one attached hydrogen (secondary N) is 2. The highest BCUT2D eigenvalue weighted by Crippen LogP contribution is 2.23. The van der Waals surface area contributed by atoms with Gasteiger partial charge in [-0.05, 0) is 49.5 Å². The zero-order chi connectivity index (χ0) is 17.0. The predicted octanol–water partition coefficient (Wildman–Crippen LogP) is 2.51. The first-order chi connectivity index (χ1) is 10.9. The van der Waals surface area contributed by atoms with Gasteiger partial charge in [0.1, 0.15) is 10.6 Å². The number of benzene rings is 2. The predicted molar refractivity (Wildman–Crippen MR) is 88.6 cm³/mol. The van der Waals surface area contributed by atoms with Crippen molar-refractivity contribution in [3.8, 4) is 5.75 Å². The van der Waals surface area contributed by atoms with Gasteiger partial charge in [0, 0.05) is 11.3 Å². The van der Waals surface area contributed by atoms with Crippen molar-refractivity contribution >= 4 is 33.2 Å². The molecule has 0 spiro atoms. The first-order valence-corrected chi connectivity index (χ1v) is 8.42. The third kappa shape index (κ3) is 4.01. The van der Waals surface area contributed by atoms with Crippen LogP contribution in [0.3, 0.4) is 0 Å². The number of methoxy groups -OCH3 is 1. The minimum Gasteiger partial charge on any atom is -0.497 e. The van der Waals surface area contributed by atoms with E-state index in [4.69, 9.17) is 16.3 Å². The molecule has 0 atom stereocenters. The van der Waals surface area contributed by atoms with Gasteiger partial charge >= 0.3 is 0 Å². The summed E-state index contributed by atoms with van der Waals surface area (Å²) in [7, 11) is -0.925. The Hall–Kier alpha value is -2.09. The van der Waals surface area contributed by atoms with Crippen LogP contribution in [0, 0.1) is 0 Å². The zero-order valence-corrected chi connectivity index (χ0v) is 14.0. The van der Waals surface area contributed by atoms with Crippen LogP contribution in [0.2, 0.25) is 5.02 Å². The number of halogens is 1. The number of sulfonamides is 1. The normalized spacial score (nSPS) is 11.1. The maximum atomic E-state index is 12.2. The van der Waals surface area contributed by atoms with Crippen molar-refractivity contribution in [1.82, 2.24) is 4.72 Å². The molecule has 0 saturated carbocycles. The van der Waals surface area contributed by atoms with Crippen LogP contribution in [0.25, 0.3) is 0 Å². The lowest BCUT2D eigenvalue weighted by Gasteiger charge is -2.09. The summed E-state index contributed by atoms with van der Waals surface area (Å²) in [5, 5.41) is 2.71. The molecule has 0 aromatic heterocycles. The molecule has 0 unspecified atom stereocenters. The summed E-state index contributed by atoms with van der Waals surface area (Å²) in [6.45, 7) is 0. The average Bonchev–Trinajstić information content (AvgIpc) is 2.55. The van der Waals surface area contributed by atoms with E-state index >= 15 is 0 Å². The Morgan fingerprint density at radius 1 is 1.13 bits per heavy atom. The van der Waals surface area contributed by atoms with E-state index in [9.17, 15) is 13.2 Å². The van der Waals surface area contributed by atoms with E-state index in [1.54, 1.807) is 31.4 Å². The highest BCUT2D eigenvalue weighted by molar-refractivity contribution is 7.89. The first kappa shape index (κ1) is 17.3. The molecule has 2 rings (SSSR count). The van der Waals surface area contributed by atoms with Gasteiger partial charge in [0.2, 0.25) is 10.0 Å². The van der Waals surface area contributed by atoms with Crippen molar-refractivity contribution in [1.29, 1.82) is 0 Å². The zero-order valence-electron chi connectivity index (χ0n) is 12.5. The summed E-state index contributed by atoms with van der Waals surface area (Å²) in [6.07, 6.45) is 0. The molecule has 0 aliphatic heterocycles. The van der Waals surface area contributed by atoms with Gasteiger partial charge in [-0.1, -0.05) is 11.6 Å². The maximum absolute atomic E-state index is 12.2. The van der Waals surface area contributed by atoms with Crippen molar-refractivity contribution in [2.45, 2.75) is 4.90 Å². The van der Waals surface area contributed by atoms with E-state index in [1.807, 2.05) is 0 Å². The summed E-state index contributed by atoms with van der Waals surface area (Å²) >= 11 is 5.89. The summed E-state index contributed by atoms with van der Waals surface area (Å²) < 4.78 is 31.0. The van der Waals surface area contributed by atoms with Gasteiger partial charge in [-0.15, -0.1) is 0 Å². The first-order valence-electron chi connectivity index (χ1n) is 6.56. The molecule has 0 bridgehead atoms. The quantitative estimate of drug-likeness (QED) is 0.864. The van der Waals surface area contributed by atoms with Crippen LogP contribution in [0.5, 0.6) is 5.75 Å². The van der Waals surface area contributed by atoms with Crippen molar-refractivity contribution in [3.05, 3.63) is 53.1 Å². The molecule has 6 nitrogen and oxygen atoms in total. The Kier molecular flexibility index (Phi) is 5.25. The topological polar surface area (TPSA) is 84.5 Å². The van der Waals surface area contributed by atoms with Crippen LogP contribution < -0.4 is 14.8 Å². The lowest BCUT2D eigenvalue weighted by Crippen LogP contribution is -2.20. The van der Waals surface area contributed by atoms with E-state index in [2.05, 4.69) is 10.0 Å². The number of amides is 1. The number of hydrogen-bond donors (Lipinski definition) is 2. The van der Waals surface area contributed by atoms with Crippen molar-refractivity contribution < 1.29 is 17.9 Å². The fraction of sp³-hybridized carbons (Fsp3) is 0.133. The van der Waals surface area contributed by atoms with Gasteiger partial charge in [-0.25, -0.2) is 13.1 Å². The van der Waals surface area contributed by atoms with E-state index in [1.165, 1.54) is 25.2 Å². The SMILES string of the molecule is CNS(=O)(=O)c1cc(C(=O)Nc2ccc(OC)cc2)ccc1Cl. The highest BCUT2D eigenvalue weighted by Gasteiger charge is 2.18. The Bertz CT molecular complexity index is 820. The van der Waals surface area contributed by atoms with Gasteiger partial charge < -0.3 is 10.1 Å². The largest absolute Gasteiger partial charge is 0.497 e. The van der Waals surface area contributed by atoms with Crippen molar-refractivity contribution in [2.24, 2.45) is 0 Å². The number of carbonyl (C=O) groups excluding carboxylic acids is 1. The lowest BCUT2D eigenvalue weighted by molar-refractivity contribution is 0.102. The smallest absolute Gasteiger partial charge is 0.255 e. The molecular formula is C15H15ClN2O4S. The number of rotatable bonds is 5. The third-order valence-electron chi connectivity index (χ3n) is 3.10. The molecule has 23 heavy (non-hydrogen) atoms. The molecule has 2 aromatic carbocycles. The average molecular weight is 355 g/mol. The summed E-state index contributed by atoms with van der Waals surface area (Å²) in [5.41, 5.74) is 0.739. The highest BCUT2D eigenvalue weighted by atomic mass is 35.5. The van der Waals surface area contributed by atoms with Crippen LogP contribution in [-0.4, -0.2) is 28.5 Å². The Morgan fingerprint density at radius 2 is 1.78 bits per heavy atom. The monoisotopic (exact) mass is 354 g/mol. The van der Waals surface area contributed by atoms with E-state index in [-0.39, 0.29) is 15.5 Å². The van der Waals surface area contributed by atoms with E-state index in [0.717, 1.165) is 0 Å². The molecule has 2 aromatic rings. The third-order valence-corrected chi connectivity index (χ3v) is 5.00. The van der Waals surface area contributed by atoms with Gasteiger partial charge in [0.25, 0.3) is 5.91 Å². The van der Waals surface area contributed by atoms with Crippen LogP contribution in [0.15, 0.2) is 47.4 Å². The van der Waals surface area contributed by atoms with E-state index < -0.39 is 15.9 Å². The molecule has 1 amide bonds. The second-order valence-electron chi connectivity index (χ2n) is 4.54. The minimum absolute atomic E-state index is 0.0420. The van der Waals surface area contributed by atoms with Crippen LogP contribution in [0.1, 0.15) is 10.4 Å². The Morgan fingerprint density at radius 3 is 2.35 bits per heavy atom. The van der Waals surface area contributed by atoms with Crippen molar-refractivity contribution in [3.63, 3.8) is 0 Å². The van der Waals surface area contributed by atoms with E-state index in [0.29, 0.717) is 11.4 Å². The molecule has 0 saturated heterocycles. The van der Waals surface area contributed by atoms with Gasteiger partial charge in [0.05, 0.1) is 12.1 Å². The molecule has 8 heteroatoms. The standard InChI is InChI=1S/C15H15ClN2O4S/c1-17-23(20,21)14-9-10(3-8-13(14)16)15(19)18-11-4-6-12(22-2)7-5-11/h3-9,17H,1-2H3,(H,18,19). The molecular weight excluding hydrogens is 340 g/mol. The lowest BCUT2D eigenvalue weighted by atomic mass is 10.2. The number of hydrogen-bond acceptors (Lipinski definition) is 4. The van der Waals surface area contributed by atoms with Gasteiger partial charge in [0.15, 0.2) is 0 Å². The Balaban J connectivity index is 2.27. The fourth-order valence-electron chi connectivity index (χ4n) is 1.84. The number of carbonyl (C=O) groups is 1. The second kappa shape index (κ2) is 6.99. The molecule has 0 aliphatic rings. The molecule has 0 aliphatic carbocycles. The molecule has 0 fully saturated rings. The molecule has 0 radical (unpaired) electrons. The van der Waals surface area contributed by atoms with Gasteiger partial charge in [-0.2, -0.15) is 0 Å².